The Morgan fingerprint density at radius 1 is 1.25 bits per heavy atom. The molecule has 0 aromatic heterocycles. The molecular weight excluding hydrogens is 202 g/mol. The fourth-order valence-electron chi connectivity index (χ4n) is 3.08. The van der Waals surface area contributed by atoms with Crippen molar-refractivity contribution in [1.82, 2.24) is 4.90 Å². The molecule has 16 heavy (non-hydrogen) atoms. The molecule has 2 aliphatic rings. The summed E-state index contributed by atoms with van der Waals surface area (Å²) in [4.78, 5) is 13.8. The van der Waals surface area contributed by atoms with E-state index in [0.29, 0.717) is 12.1 Å². The van der Waals surface area contributed by atoms with Crippen molar-refractivity contribution in [3.05, 3.63) is 0 Å². The van der Waals surface area contributed by atoms with Crippen molar-refractivity contribution in [1.29, 1.82) is 0 Å². The van der Waals surface area contributed by atoms with Crippen LogP contribution in [-0.2, 0) is 4.79 Å². The quantitative estimate of drug-likeness (QED) is 0.781. The van der Waals surface area contributed by atoms with Gasteiger partial charge in [-0.3, -0.25) is 9.69 Å². The van der Waals surface area contributed by atoms with Crippen LogP contribution in [0.2, 0.25) is 0 Å². The molecule has 0 radical (unpaired) electrons. The Balaban J connectivity index is 2.04. The third kappa shape index (κ3) is 2.57. The molecule has 1 N–H and O–H groups in total. The van der Waals surface area contributed by atoms with Gasteiger partial charge in [-0.1, -0.05) is 19.8 Å². The number of carboxylic acids is 1. The van der Waals surface area contributed by atoms with Crippen LogP contribution in [0, 0.1) is 5.92 Å². The van der Waals surface area contributed by atoms with Gasteiger partial charge in [0.2, 0.25) is 0 Å². The monoisotopic (exact) mass is 225 g/mol. The fourth-order valence-corrected chi connectivity index (χ4v) is 3.08. The van der Waals surface area contributed by atoms with Gasteiger partial charge >= 0.3 is 5.97 Å². The molecule has 3 nitrogen and oxygen atoms in total. The Kier molecular flexibility index (Phi) is 3.85. The molecule has 92 valence electrons. The van der Waals surface area contributed by atoms with Gasteiger partial charge < -0.3 is 5.11 Å². The molecule has 0 aliphatic heterocycles. The van der Waals surface area contributed by atoms with Gasteiger partial charge in [0.25, 0.3) is 0 Å². The van der Waals surface area contributed by atoms with Crippen LogP contribution in [0.4, 0.5) is 0 Å². The van der Waals surface area contributed by atoms with Gasteiger partial charge in [-0.05, 0) is 38.6 Å². The lowest BCUT2D eigenvalue weighted by Gasteiger charge is -2.38. The van der Waals surface area contributed by atoms with Crippen molar-refractivity contribution in [2.24, 2.45) is 5.92 Å². The first-order valence-electron chi connectivity index (χ1n) is 6.72. The molecule has 2 aliphatic carbocycles. The van der Waals surface area contributed by atoms with Gasteiger partial charge in [0, 0.05) is 12.1 Å². The fraction of sp³-hybridized carbons (Fsp3) is 0.923. The molecule has 2 saturated carbocycles. The Morgan fingerprint density at radius 3 is 2.50 bits per heavy atom. The van der Waals surface area contributed by atoms with Crippen LogP contribution >= 0.6 is 0 Å². The van der Waals surface area contributed by atoms with Crippen LogP contribution in [0.15, 0.2) is 0 Å². The third-order valence-electron chi connectivity index (χ3n) is 3.97. The summed E-state index contributed by atoms with van der Waals surface area (Å²) >= 11 is 0. The molecule has 0 aromatic rings. The Morgan fingerprint density at radius 2 is 1.94 bits per heavy atom. The first-order chi connectivity index (χ1) is 7.74. The summed E-state index contributed by atoms with van der Waals surface area (Å²) in [7, 11) is 0. The Labute approximate surface area is 97.8 Å². The number of hydrogen-bond donors (Lipinski definition) is 1. The van der Waals surface area contributed by atoms with E-state index in [1.165, 1.54) is 19.3 Å². The van der Waals surface area contributed by atoms with Crippen molar-refractivity contribution >= 4 is 5.97 Å². The number of aliphatic carboxylic acids is 1. The zero-order chi connectivity index (χ0) is 11.5. The van der Waals surface area contributed by atoms with Gasteiger partial charge in [0.05, 0.1) is 5.92 Å². The number of hydrogen-bond acceptors (Lipinski definition) is 2. The highest BCUT2D eigenvalue weighted by Gasteiger charge is 2.40. The summed E-state index contributed by atoms with van der Waals surface area (Å²) < 4.78 is 0. The second-order valence-corrected chi connectivity index (χ2v) is 5.27. The van der Waals surface area contributed by atoms with Crippen LogP contribution < -0.4 is 0 Å². The van der Waals surface area contributed by atoms with Crippen molar-refractivity contribution < 1.29 is 9.90 Å². The van der Waals surface area contributed by atoms with Crippen molar-refractivity contribution in [2.75, 3.05) is 6.54 Å². The summed E-state index contributed by atoms with van der Waals surface area (Å²) in [6.45, 7) is 3.27. The topological polar surface area (TPSA) is 40.5 Å². The molecule has 2 atom stereocenters. The standard InChI is InChI=1S/C13H23NO2/c1-2-9-14(10-7-8-10)12-6-4-3-5-11(12)13(15)16/h10-12H,2-9H2,1H3,(H,15,16). The molecule has 0 amide bonds. The largest absolute Gasteiger partial charge is 0.481 e. The maximum atomic E-state index is 11.3. The van der Waals surface area contributed by atoms with E-state index in [1.807, 2.05) is 0 Å². The van der Waals surface area contributed by atoms with E-state index in [4.69, 9.17) is 0 Å². The maximum absolute atomic E-state index is 11.3. The lowest BCUT2D eigenvalue weighted by Crippen LogP contribution is -2.46. The van der Waals surface area contributed by atoms with Crippen LogP contribution in [0.3, 0.4) is 0 Å². The van der Waals surface area contributed by atoms with E-state index in [1.54, 1.807) is 0 Å². The van der Waals surface area contributed by atoms with E-state index in [0.717, 1.165) is 32.2 Å². The smallest absolute Gasteiger partial charge is 0.308 e. The molecule has 0 bridgehead atoms. The summed E-state index contributed by atoms with van der Waals surface area (Å²) in [5, 5.41) is 9.30. The first kappa shape index (κ1) is 11.9. The number of nitrogens with zero attached hydrogens (tertiary/aromatic N) is 1. The first-order valence-corrected chi connectivity index (χ1v) is 6.72. The zero-order valence-electron chi connectivity index (χ0n) is 10.2. The van der Waals surface area contributed by atoms with E-state index >= 15 is 0 Å². The number of carbonyl (C=O) groups is 1. The minimum atomic E-state index is -0.577. The van der Waals surface area contributed by atoms with Crippen molar-refractivity contribution in [2.45, 2.75) is 64.0 Å². The van der Waals surface area contributed by atoms with Gasteiger partial charge in [-0.15, -0.1) is 0 Å². The van der Waals surface area contributed by atoms with Crippen LogP contribution in [0.25, 0.3) is 0 Å². The number of carboxylic acid groups (broad SMARTS) is 1. The minimum absolute atomic E-state index is 0.110. The predicted octanol–water partition coefficient (Wildman–Crippen LogP) is 2.50. The average molecular weight is 225 g/mol. The lowest BCUT2D eigenvalue weighted by atomic mass is 9.83. The van der Waals surface area contributed by atoms with Crippen LogP contribution in [0.5, 0.6) is 0 Å². The molecule has 0 aromatic carbocycles. The molecule has 0 spiro atoms. The summed E-state index contributed by atoms with van der Waals surface area (Å²) in [6, 6.07) is 1.02. The van der Waals surface area contributed by atoms with E-state index in [2.05, 4.69) is 11.8 Å². The Hall–Kier alpha value is -0.570. The van der Waals surface area contributed by atoms with Gasteiger partial charge in [-0.25, -0.2) is 0 Å². The van der Waals surface area contributed by atoms with Crippen LogP contribution in [0.1, 0.15) is 51.9 Å². The Bertz CT molecular complexity index is 250. The molecule has 0 heterocycles. The van der Waals surface area contributed by atoms with Crippen molar-refractivity contribution in [3.8, 4) is 0 Å². The molecule has 0 saturated heterocycles. The van der Waals surface area contributed by atoms with E-state index in [9.17, 15) is 9.90 Å². The normalized spacial score (nSPS) is 30.6. The molecule has 2 unspecified atom stereocenters. The van der Waals surface area contributed by atoms with Gasteiger partial charge in [-0.2, -0.15) is 0 Å². The summed E-state index contributed by atoms with van der Waals surface area (Å²) in [5.41, 5.74) is 0. The average Bonchev–Trinajstić information content (AvgIpc) is 3.10. The van der Waals surface area contributed by atoms with Crippen LogP contribution in [-0.4, -0.2) is 34.6 Å². The third-order valence-corrected chi connectivity index (χ3v) is 3.97. The molecule has 2 fully saturated rings. The summed E-state index contributed by atoms with van der Waals surface area (Å²) in [6.07, 6.45) is 7.98. The van der Waals surface area contributed by atoms with Gasteiger partial charge in [0.1, 0.15) is 0 Å². The highest BCUT2D eigenvalue weighted by molar-refractivity contribution is 5.71. The minimum Gasteiger partial charge on any atom is -0.481 e. The molecular formula is C13H23NO2. The zero-order valence-corrected chi connectivity index (χ0v) is 10.2. The predicted molar refractivity (Wildman–Crippen MR) is 63.4 cm³/mol. The second-order valence-electron chi connectivity index (χ2n) is 5.27. The van der Waals surface area contributed by atoms with E-state index < -0.39 is 5.97 Å². The lowest BCUT2D eigenvalue weighted by molar-refractivity contribution is -0.145. The van der Waals surface area contributed by atoms with Gasteiger partial charge in [0.15, 0.2) is 0 Å². The molecule has 3 heteroatoms. The highest BCUT2D eigenvalue weighted by Crippen LogP contribution is 2.36. The number of rotatable bonds is 5. The van der Waals surface area contributed by atoms with Crippen molar-refractivity contribution in [3.63, 3.8) is 0 Å². The van der Waals surface area contributed by atoms with E-state index in [-0.39, 0.29) is 5.92 Å². The SMILES string of the molecule is CCCN(C1CC1)C1CCCCC1C(=O)O. The maximum Gasteiger partial charge on any atom is 0.308 e. The molecule has 2 rings (SSSR count). The highest BCUT2D eigenvalue weighted by atomic mass is 16.4. The summed E-state index contributed by atoms with van der Waals surface area (Å²) in [5.74, 6) is -0.688. The second kappa shape index (κ2) is 5.17.